The van der Waals surface area contributed by atoms with Crippen LogP contribution in [0, 0.1) is 0 Å². The molecule has 2 aromatic carbocycles. The Morgan fingerprint density at radius 2 is 1.77 bits per heavy atom. The molecule has 1 aliphatic rings. The Kier molecular flexibility index (Phi) is 4.96. The summed E-state index contributed by atoms with van der Waals surface area (Å²) < 4.78 is 7.19. The Bertz CT molecular complexity index is 883. The van der Waals surface area contributed by atoms with Crippen LogP contribution in [0.2, 0.25) is 5.02 Å². The minimum atomic E-state index is 0.732. The third kappa shape index (κ3) is 3.48. The van der Waals surface area contributed by atoms with Crippen molar-refractivity contribution >= 4 is 11.6 Å². The van der Waals surface area contributed by atoms with Crippen molar-refractivity contribution in [2.24, 2.45) is 0 Å². The van der Waals surface area contributed by atoms with Crippen LogP contribution in [-0.4, -0.2) is 34.9 Å². The van der Waals surface area contributed by atoms with Crippen LogP contribution >= 0.6 is 11.6 Å². The highest BCUT2D eigenvalue weighted by atomic mass is 35.5. The maximum absolute atomic E-state index is 6.46. The van der Waals surface area contributed by atoms with E-state index in [4.69, 9.17) is 21.4 Å². The van der Waals surface area contributed by atoms with Gasteiger partial charge >= 0.3 is 0 Å². The molecule has 1 fully saturated rings. The second-order valence-corrected chi connectivity index (χ2v) is 7.02. The van der Waals surface area contributed by atoms with Crippen molar-refractivity contribution in [1.29, 1.82) is 0 Å². The van der Waals surface area contributed by atoms with Gasteiger partial charge < -0.3 is 4.74 Å². The number of likely N-dealkylation sites (tertiary alicyclic amines) is 1. The zero-order valence-corrected chi connectivity index (χ0v) is 15.6. The Morgan fingerprint density at radius 1 is 1.04 bits per heavy atom. The summed E-state index contributed by atoms with van der Waals surface area (Å²) in [4.78, 5) is 2.48. The topological polar surface area (TPSA) is 30.3 Å². The van der Waals surface area contributed by atoms with Crippen LogP contribution in [0.15, 0.2) is 54.7 Å². The summed E-state index contributed by atoms with van der Waals surface area (Å²) >= 11 is 6.46. The molecule has 0 aliphatic carbocycles. The van der Waals surface area contributed by atoms with Crippen LogP contribution in [0.4, 0.5) is 0 Å². The van der Waals surface area contributed by atoms with Crippen molar-refractivity contribution in [3.05, 3.63) is 65.3 Å². The fraction of sp³-hybridized carbons (Fsp3) is 0.286. The van der Waals surface area contributed by atoms with Crippen LogP contribution in [-0.2, 0) is 6.54 Å². The van der Waals surface area contributed by atoms with Gasteiger partial charge in [0.15, 0.2) is 0 Å². The largest absolute Gasteiger partial charge is 0.497 e. The summed E-state index contributed by atoms with van der Waals surface area (Å²) in [7, 11) is 1.67. The standard InChI is InChI=1S/C21H22ClN3O/c1-26-18-10-8-17(9-11-18)25-15-16(14-24-12-4-5-13-24)21(23-25)19-6-2-3-7-20(19)22/h2-3,6-11,15H,4-5,12-14H2,1H3. The first-order valence-corrected chi connectivity index (χ1v) is 9.32. The summed E-state index contributed by atoms with van der Waals surface area (Å²) in [5.41, 5.74) is 4.15. The summed E-state index contributed by atoms with van der Waals surface area (Å²) in [6.45, 7) is 3.20. The van der Waals surface area contributed by atoms with Crippen molar-refractivity contribution in [2.45, 2.75) is 19.4 Å². The molecule has 4 nitrogen and oxygen atoms in total. The van der Waals surface area contributed by atoms with Gasteiger partial charge in [0.25, 0.3) is 0 Å². The van der Waals surface area contributed by atoms with Crippen LogP contribution < -0.4 is 4.74 Å². The predicted molar refractivity (Wildman–Crippen MR) is 105 cm³/mol. The van der Waals surface area contributed by atoms with Gasteiger partial charge in [-0.1, -0.05) is 29.8 Å². The fourth-order valence-corrected chi connectivity index (χ4v) is 3.68. The number of ether oxygens (including phenoxy) is 1. The molecule has 0 bridgehead atoms. The lowest BCUT2D eigenvalue weighted by Crippen LogP contribution is -2.18. The quantitative estimate of drug-likeness (QED) is 0.649. The maximum Gasteiger partial charge on any atom is 0.119 e. The molecule has 1 saturated heterocycles. The van der Waals surface area contributed by atoms with E-state index in [2.05, 4.69) is 11.1 Å². The molecule has 0 radical (unpaired) electrons. The highest BCUT2D eigenvalue weighted by molar-refractivity contribution is 6.33. The van der Waals surface area contributed by atoms with Crippen molar-refractivity contribution in [2.75, 3.05) is 20.2 Å². The smallest absolute Gasteiger partial charge is 0.119 e. The summed E-state index contributed by atoms with van der Waals surface area (Å²) in [5, 5.41) is 5.61. The summed E-state index contributed by atoms with van der Waals surface area (Å²) in [6.07, 6.45) is 4.67. The lowest BCUT2D eigenvalue weighted by Gasteiger charge is -2.14. The first kappa shape index (κ1) is 17.1. The van der Waals surface area contributed by atoms with E-state index in [-0.39, 0.29) is 0 Å². The van der Waals surface area contributed by atoms with Gasteiger partial charge in [-0.15, -0.1) is 0 Å². The van der Waals surface area contributed by atoms with Crippen LogP contribution in [0.5, 0.6) is 5.75 Å². The van der Waals surface area contributed by atoms with E-state index < -0.39 is 0 Å². The number of aromatic nitrogens is 2. The average Bonchev–Trinajstić information content (AvgIpc) is 3.33. The molecular formula is C21H22ClN3O. The second-order valence-electron chi connectivity index (χ2n) is 6.61. The van der Waals surface area contributed by atoms with E-state index in [1.165, 1.54) is 18.4 Å². The predicted octanol–water partition coefficient (Wildman–Crippen LogP) is 4.80. The highest BCUT2D eigenvalue weighted by Gasteiger charge is 2.19. The van der Waals surface area contributed by atoms with E-state index in [0.29, 0.717) is 0 Å². The second kappa shape index (κ2) is 7.52. The molecule has 1 aliphatic heterocycles. The summed E-state index contributed by atoms with van der Waals surface area (Å²) in [6, 6.07) is 15.8. The lowest BCUT2D eigenvalue weighted by atomic mass is 10.1. The van der Waals surface area contributed by atoms with E-state index in [1.54, 1.807) is 7.11 Å². The van der Waals surface area contributed by atoms with Crippen molar-refractivity contribution in [1.82, 2.24) is 14.7 Å². The minimum Gasteiger partial charge on any atom is -0.497 e. The van der Waals surface area contributed by atoms with Crippen LogP contribution in [0.25, 0.3) is 16.9 Å². The number of rotatable bonds is 5. The van der Waals surface area contributed by atoms with E-state index in [0.717, 1.165) is 47.4 Å². The molecule has 0 spiro atoms. The fourth-order valence-electron chi connectivity index (χ4n) is 3.45. The molecule has 0 unspecified atom stereocenters. The van der Waals surface area contributed by atoms with E-state index in [9.17, 15) is 0 Å². The zero-order valence-electron chi connectivity index (χ0n) is 14.9. The third-order valence-corrected chi connectivity index (χ3v) is 5.18. The molecule has 4 rings (SSSR count). The minimum absolute atomic E-state index is 0.732. The van der Waals surface area contributed by atoms with Gasteiger partial charge in [-0.2, -0.15) is 5.10 Å². The molecule has 0 N–H and O–H groups in total. The highest BCUT2D eigenvalue weighted by Crippen LogP contribution is 2.31. The number of hydrogen-bond acceptors (Lipinski definition) is 3. The van der Waals surface area contributed by atoms with Crippen molar-refractivity contribution in [3.63, 3.8) is 0 Å². The number of nitrogens with zero attached hydrogens (tertiary/aromatic N) is 3. The Hall–Kier alpha value is -2.30. The molecule has 5 heteroatoms. The maximum atomic E-state index is 6.46. The van der Waals surface area contributed by atoms with E-state index >= 15 is 0 Å². The van der Waals surface area contributed by atoms with Gasteiger partial charge in [-0.3, -0.25) is 4.90 Å². The number of hydrogen-bond donors (Lipinski definition) is 0. The van der Waals surface area contributed by atoms with Crippen LogP contribution in [0.1, 0.15) is 18.4 Å². The van der Waals surface area contributed by atoms with Gasteiger partial charge in [0.05, 0.1) is 23.5 Å². The molecule has 1 aromatic heterocycles. The number of benzene rings is 2. The summed E-state index contributed by atoms with van der Waals surface area (Å²) in [5.74, 6) is 0.838. The molecule has 0 amide bonds. The molecule has 26 heavy (non-hydrogen) atoms. The van der Waals surface area contributed by atoms with E-state index in [1.807, 2.05) is 53.2 Å². The Morgan fingerprint density at radius 3 is 2.46 bits per heavy atom. The normalized spacial score (nSPS) is 14.7. The van der Waals surface area contributed by atoms with Gasteiger partial charge in [0.2, 0.25) is 0 Å². The van der Waals surface area contributed by atoms with Gasteiger partial charge in [-0.25, -0.2) is 4.68 Å². The van der Waals surface area contributed by atoms with Crippen LogP contribution in [0.3, 0.4) is 0 Å². The molecule has 0 atom stereocenters. The number of methoxy groups -OCH3 is 1. The molecule has 3 aromatic rings. The molecule has 0 saturated carbocycles. The SMILES string of the molecule is COc1ccc(-n2cc(CN3CCCC3)c(-c3ccccc3Cl)n2)cc1. The number of halogens is 1. The van der Waals surface area contributed by atoms with Gasteiger partial charge in [0.1, 0.15) is 5.75 Å². The first-order valence-electron chi connectivity index (χ1n) is 8.95. The lowest BCUT2D eigenvalue weighted by molar-refractivity contribution is 0.332. The van der Waals surface area contributed by atoms with Crippen molar-refractivity contribution in [3.8, 4) is 22.7 Å². The first-order chi connectivity index (χ1) is 12.7. The molecule has 134 valence electrons. The third-order valence-electron chi connectivity index (χ3n) is 4.85. The van der Waals surface area contributed by atoms with Gasteiger partial charge in [-0.05, 0) is 56.3 Å². The van der Waals surface area contributed by atoms with Crippen molar-refractivity contribution < 1.29 is 4.74 Å². The average molecular weight is 368 g/mol. The molecule has 2 heterocycles. The Balaban J connectivity index is 1.74. The zero-order chi connectivity index (χ0) is 17.9. The Labute approximate surface area is 159 Å². The molecular weight excluding hydrogens is 346 g/mol. The van der Waals surface area contributed by atoms with Gasteiger partial charge in [0, 0.05) is 23.9 Å². The monoisotopic (exact) mass is 367 g/mol.